The van der Waals surface area contributed by atoms with Gasteiger partial charge in [0.25, 0.3) is 0 Å². The fourth-order valence-electron chi connectivity index (χ4n) is 0.975. The summed E-state index contributed by atoms with van der Waals surface area (Å²) in [6, 6.07) is 3.67. The number of hydrogen-bond donors (Lipinski definition) is 2. The van der Waals surface area contributed by atoms with Crippen LogP contribution in [0.5, 0.6) is 0 Å². The summed E-state index contributed by atoms with van der Waals surface area (Å²) < 4.78 is 36.3. The molecule has 0 aromatic heterocycles. The van der Waals surface area contributed by atoms with Crippen LogP contribution in [0.1, 0.15) is 18.1 Å². The van der Waals surface area contributed by atoms with Crippen LogP contribution in [-0.4, -0.2) is 10.2 Å². The molecule has 0 aliphatic carbocycles. The van der Waals surface area contributed by atoms with Crippen molar-refractivity contribution in [3.8, 4) is 0 Å². The number of alkyl halides is 3. The molecule has 0 radical (unpaired) electrons. The van der Waals surface area contributed by atoms with Gasteiger partial charge in [-0.3, -0.25) is 0 Å². The summed E-state index contributed by atoms with van der Waals surface area (Å²) >= 11 is 0. The van der Waals surface area contributed by atoms with Crippen LogP contribution in [-0.2, 0) is 12.0 Å². The molecule has 1 aromatic carbocycles. The third kappa shape index (κ3) is 2.46. The summed E-state index contributed by atoms with van der Waals surface area (Å²) in [5, 5.41) is 18.1. The Balaban J connectivity index is 3.02. The number of benzene rings is 1. The number of rotatable bonds is 1. The summed E-state index contributed by atoms with van der Waals surface area (Å²) in [4.78, 5) is 0. The SMILES string of the molecule is CC(O)(O)c1ccc(C(F)(F)F)cc1. The topological polar surface area (TPSA) is 40.5 Å². The van der Waals surface area contributed by atoms with Gasteiger partial charge in [0.2, 0.25) is 0 Å². The summed E-state index contributed by atoms with van der Waals surface area (Å²) in [6.07, 6.45) is -4.40. The molecule has 0 saturated carbocycles. The third-order valence-corrected chi connectivity index (χ3v) is 1.76. The van der Waals surface area contributed by atoms with Gasteiger partial charge < -0.3 is 10.2 Å². The fraction of sp³-hybridized carbons (Fsp3) is 0.333. The van der Waals surface area contributed by atoms with Crippen molar-refractivity contribution < 1.29 is 23.4 Å². The van der Waals surface area contributed by atoms with Gasteiger partial charge in [0.15, 0.2) is 5.79 Å². The van der Waals surface area contributed by atoms with Gasteiger partial charge in [0, 0.05) is 5.56 Å². The minimum Gasteiger partial charge on any atom is -0.362 e. The Bertz CT molecular complexity index is 275. The van der Waals surface area contributed by atoms with E-state index in [0.29, 0.717) is 0 Å². The zero-order valence-electron chi connectivity index (χ0n) is 7.34. The van der Waals surface area contributed by atoms with E-state index in [4.69, 9.17) is 10.2 Å². The van der Waals surface area contributed by atoms with Gasteiger partial charge in [0.1, 0.15) is 0 Å². The predicted molar refractivity (Wildman–Crippen MR) is 43.2 cm³/mol. The summed E-state index contributed by atoms with van der Waals surface area (Å²) in [5.41, 5.74) is -0.795. The van der Waals surface area contributed by atoms with Crippen molar-refractivity contribution in [3.63, 3.8) is 0 Å². The molecule has 78 valence electrons. The standard InChI is InChI=1S/C9H9F3O2/c1-8(13,14)6-2-4-7(5-3-6)9(10,11)12/h2-5,13-14H,1H3. The lowest BCUT2D eigenvalue weighted by Crippen LogP contribution is -2.19. The molecule has 0 saturated heterocycles. The van der Waals surface area contributed by atoms with E-state index in [1.807, 2.05) is 0 Å². The van der Waals surface area contributed by atoms with Crippen LogP contribution in [0.4, 0.5) is 13.2 Å². The van der Waals surface area contributed by atoms with E-state index in [-0.39, 0.29) is 5.56 Å². The lowest BCUT2D eigenvalue weighted by atomic mass is 10.1. The van der Waals surface area contributed by atoms with Crippen molar-refractivity contribution in [1.82, 2.24) is 0 Å². The van der Waals surface area contributed by atoms with E-state index in [2.05, 4.69) is 0 Å². The molecule has 2 nitrogen and oxygen atoms in total. The Kier molecular flexibility index (Phi) is 2.56. The maximum atomic E-state index is 12.1. The largest absolute Gasteiger partial charge is 0.416 e. The molecule has 0 aliphatic heterocycles. The average Bonchev–Trinajstić information content (AvgIpc) is 2.01. The van der Waals surface area contributed by atoms with Crippen LogP contribution in [0.15, 0.2) is 24.3 Å². The van der Waals surface area contributed by atoms with Gasteiger partial charge in [0.05, 0.1) is 5.56 Å². The number of aliphatic hydroxyl groups is 2. The molecule has 0 fully saturated rings. The maximum Gasteiger partial charge on any atom is 0.416 e. The second-order valence-electron chi connectivity index (χ2n) is 3.10. The van der Waals surface area contributed by atoms with Crippen molar-refractivity contribution in [3.05, 3.63) is 35.4 Å². The van der Waals surface area contributed by atoms with Crippen molar-refractivity contribution >= 4 is 0 Å². The molecule has 0 bridgehead atoms. The molecule has 0 heterocycles. The normalized spacial score (nSPS) is 13.0. The lowest BCUT2D eigenvalue weighted by molar-refractivity contribution is -0.153. The van der Waals surface area contributed by atoms with Crippen LogP contribution >= 0.6 is 0 Å². The minimum absolute atomic E-state index is 0.0190. The highest BCUT2D eigenvalue weighted by atomic mass is 19.4. The number of halogens is 3. The van der Waals surface area contributed by atoms with E-state index in [0.717, 1.165) is 31.2 Å². The summed E-state index contributed by atoms with van der Waals surface area (Å²) in [6.45, 7) is 1.08. The molecule has 0 amide bonds. The molecule has 1 rings (SSSR count). The van der Waals surface area contributed by atoms with Gasteiger partial charge in [-0.25, -0.2) is 0 Å². The molecule has 0 aliphatic rings. The van der Waals surface area contributed by atoms with Crippen LogP contribution < -0.4 is 0 Å². The summed E-state index contributed by atoms with van der Waals surface area (Å²) in [7, 11) is 0. The van der Waals surface area contributed by atoms with Crippen molar-refractivity contribution in [2.75, 3.05) is 0 Å². The Morgan fingerprint density at radius 2 is 1.29 bits per heavy atom. The summed E-state index contributed by atoms with van der Waals surface area (Å²) in [5.74, 6) is -2.11. The Labute approximate surface area is 78.6 Å². The van der Waals surface area contributed by atoms with Crippen LogP contribution in [0, 0.1) is 0 Å². The molecule has 0 unspecified atom stereocenters. The highest BCUT2D eigenvalue weighted by molar-refractivity contribution is 5.26. The smallest absolute Gasteiger partial charge is 0.362 e. The molecule has 5 heteroatoms. The fourth-order valence-corrected chi connectivity index (χ4v) is 0.975. The first kappa shape index (κ1) is 11.0. The van der Waals surface area contributed by atoms with E-state index < -0.39 is 17.5 Å². The lowest BCUT2D eigenvalue weighted by Gasteiger charge is -2.16. The van der Waals surface area contributed by atoms with Gasteiger partial charge >= 0.3 is 6.18 Å². The van der Waals surface area contributed by atoms with Crippen LogP contribution in [0.3, 0.4) is 0 Å². The Morgan fingerprint density at radius 1 is 0.929 bits per heavy atom. The van der Waals surface area contributed by atoms with E-state index in [9.17, 15) is 13.2 Å². The highest BCUT2D eigenvalue weighted by Gasteiger charge is 2.30. The third-order valence-electron chi connectivity index (χ3n) is 1.76. The van der Waals surface area contributed by atoms with Crippen molar-refractivity contribution in [2.45, 2.75) is 18.9 Å². The van der Waals surface area contributed by atoms with Gasteiger partial charge in [-0.2, -0.15) is 13.2 Å². The zero-order valence-corrected chi connectivity index (χ0v) is 7.34. The van der Waals surface area contributed by atoms with Gasteiger partial charge in [-0.15, -0.1) is 0 Å². The first-order valence-electron chi connectivity index (χ1n) is 3.84. The highest BCUT2D eigenvalue weighted by Crippen LogP contribution is 2.30. The minimum atomic E-state index is -4.40. The molecule has 0 spiro atoms. The first-order chi connectivity index (χ1) is 6.21. The monoisotopic (exact) mass is 206 g/mol. The Morgan fingerprint density at radius 3 is 1.57 bits per heavy atom. The van der Waals surface area contributed by atoms with E-state index in [1.54, 1.807) is 0 Å². The molecule has 2 N–H and O–H groups in total. The second-order valence-corrected chi connectivity index (χ2v) is 3.10. The molecular weight excluding hydrogens is 197 g/mol. The maximum absolute atomic E-state index is 12.1. The number of hydrogen-bond acceptors (Lipinski definition) is 2. The molecule has 0 atom stereocenters. The van der Waals surface area contributed by atoms with E-state index >= 15 is 0 Å². The zero-order chi connectivity index (χ0) is 11.0. The van der Waals surface area contributed by atoms with Crippen LogP contribution in [0.25, 0.3) is 0 Å². The average molecular weight is 206 g/mol. The quantitative estimate of drug-likeness (QED) is 0.688. The predicted octanol–water partition coefficient (Wildman–Crippen LogP) is 1.86. The van der Waals surface area contributed by atoms with Gasteiger partial charge in [-0.05, 0) is 19.1 Å². The van der Waals surface area contributed by atoms with Crippen molar-refractivity contribution in [2.24, 2.45) is 0 Å². The van der Waals surface area contributed by atoms with Crippen LogP contribution in [0.2, 0.25) is 0 Å². The van der Waals surface area contributed by atoms with E-state index in [1.165, 1.54) is 0 Å². The Hall–Kier alpha value is -1.07. The molecule has 1 aromatic rings. The second kappa shape index (κ2) is 3.25. The van der Waals surface area contributed by atoms with Gasteiger partial charge in [-0.1, -0.05) is 12.1 Å². The molecule has 14 heavy (non-hydrogen) atoms. The first-order valence-corrected chi connectivity index (χ1v) is 3.84. The molecular formula is C9H9F3O2. The van der Waals surface area contributed by atoms with Crippen molar-refractivity contribution in [1.29, 1.82) is 0 Å².